The van der Waals surface area contributed by atoms with E-state index in [2.05, 4.69) is 13.8 Å². The largest absolute Gasteiger partial charge is 0.481 e. The molecule has 0 atom stereocenters. The normalized spacial score (nSPS) is 31.7. The smallest absolute Gasteiger partial charge is 0.309 e. The van der Waals surface area contributed by atoms with Gasteiger partial charge in [0.05, 0.1) is 5.41 Å². The van der Waals surface area contributed by atoms with Gasteiger partial charge in [-0.05, 0) is 56.3 Å². The molecule has 2 nitrogen and oxygen atoms in total. The molecule has 158 valence electrons. The third kappa shape index (κ3) is 6.79. The van der Waals surface area contributed by atoms with Crippen LogP contribution in [0.2, 0.25) is 0 Å². The molecule has 0 aromatic heterocycles. The summed E-state index contributed by atoms with van der Waals surface area (Å²) >= 11 is 0. The molecule has 0 saturated heterocycles. The first kappa shape index (κ1) is 22.8. The van der Waals surface area contributed by atoms with Gasteiger partial charge in [-0.25, -0.2) is 0 Å². The van der Waals surface area contributed by atoms with Gasteiger partial charge in [-0.3, -0.25) is 4.79 Å². The van der Waals surface area contributed by atoms with E-state index in [4.69, 9.17) is 0 Å². The summed E-state index contributed by atoms with van der Waals surface area (Å²) in [6, 6.07) is 0. The molecule has 1 N–H and O–H groups in total. The minimum atomic E-state index is -0.474. The highest BCUT2D eigenvalue weighted by atomic mass is 16.4. The highest BCUT2D eigenvalue weighted by Crippen LogP contribution is 2.51. The fourth-order valence-corrected chi connectivity index (χ4v) is 6.00. The lowest BCUT2D eigenvalue weighted by Crippen LogP contribution is -2.43. The Morgan fingerprint density at radius 1 is 0.741 bits per heavy atom. The third-order valence-corrected chi connectivity index (χ3v) is 7.98. The SMILES string of the molecule is CCCCCCCC1CCC(C(=O)O)(C2CCC(CCCCC)CC2)CC1. The van der Waals surface area contributed by atoms with Gasteiger partial charge in [-0.1, -0.05) is 90.9 Å². The summed E-state index contributed by atoms with van der Waals surface area (Å²) in [6.45, 7) is 4.54. The molecular weight excluding hydrogens is 332 g/mol. The van der Waals surface area contributed by atoms with Crippen LogP contribution in [0.1, 0.15) is 129 Å². The maximum Gasteiger partial charge on any atom is 0.309 e. The number of rotatable bonds is 12. The van der Waals surface area contributed by atoms with Crippen molar-refractivity contribution in [3.8, 4) is 0 Å². The molecule has 27 heavy (non-hydrogen) atoms. The molecule has 0 spiro atoms. The molecule has 0 radical (unpaired) electrons. The van der Waals surface area contributed by atoms with Gasteiger partial charge in [-0.15, -0.1) is 0 Å². The lowest BCUT2D eigenvalue weighted by molar-refractivity contribution is -0.157. The number of unbranched alkanes of at least 4 members (excludes halogenated alkanes) is 6. The number of carboxylic acids is 1. The van der Waals surface area contributed by atoms with Crippen molar-refractivity contribution in [3.05, 3.63) is 0 Å². The maximum absolute atomic E-state index is 12.3. The molecule has 0 aliphatic heterocycles. The number of hydrogen-bond donors (Lipinski definition) is 1. The molecule has 0 bridgehead atoms. The van der Waals surface area contributed by atoms with Gasteiger partial charge in [0.15, 0.2) is 0 Å². The summed E-state index contributed by atoms with van der Waals surface area (Å²) in [5.74, 6) is 1.64. The second-order valence-electron chi connectivity index (χ2n) is 9.82. The van der Waals surface area contributed by atoms with E-state index in [1.54, 1.807) is 0 Å². The van der Waals surface area contributed by atoms with Crippen molar-refractivity contribution in [2.24, 2.45) is 23.2 Å². The molecule has 2 saturated carbocycles. The van der Waals surface area contributed by atoms with E-state index < -0.39 is 5.97 Å². The first-order valence-corrected chi connectivity index (χ1v) is 12.4. The molecule has 2 aliphatic rings. The Morgan fingerprint density at radius 3 is 1.78 bits per heavy atom. The van der Waals surface area contributed by atoms with Gasteiger partial charge in [-0.2, -0.15) is 0 Å². The molecule has 0 unspecified atom stereocenters. The zero-order chi connectivity index (χ0) is 19.5. The minimum Gasteiger partial charge on any atom is -0.481 e. The van der Waals surface area contributed by atoms with Crippen LogP contribution >= 0.6 is 0 Å². The zero-order valence-corrected chi connectivity index (χ0v) is 18.3. The molecule has 0 aromatic carbocycles. The quantitative estimate of drug-likeness (QED) is 0.349. The first-order chi connectivity index (χ1) is 13.1. The second kappa shape index (κ2) is 12.1. The van der Waals surface area contributed by atoms with E-state index in [9.17, 15) is 9.90 Å². The summed E-state index contributed by atoms with van der Waals surface area (Å²) in [7, 11) is 0. The van der Waals surface area contributed by atoms with Crippen LogP contribution in [0.3, 0.4) is 0 Å². The van der Waals surface area contributed by atoms with E-state index in [0.717, 1.165) is 37.5 Å². The fraction of sp³-hybridized carbons (Fsp3) is 0.960. The fourth-order valence-electron chi connectivity index (χ4n) is 6.00. The lowest BCUT2D eigenvalue weighted by Gasteiger charge is -2.45. The predicted molar refractivity (Wildman–Crippen MR) is 115 cm³/mol. The Balaban J connectivity index is 1.76. The highest BCUT2D eigenvalue weighted by Gasteiger charge is 2.48. The van der Waals surface area contributed by atoms with Crippen LogP contribution in [0, 0.1) is 23.2 Å². The van der Waals surface area contributed by atoms with Gasteiger partial charge in [0.2, 0.25) is 0 Å². The van der Waals surface area contributed by atoms with Gasteiger partial charge in [0.25, 0.3) is 0 Å². The van der Waals surface area contributed by atoms with Gasteiger partial charge >= 0.3 is 5.97 Å². The van der Waals surface area contributed by atoms with E-state index in [1.165, 1.54) is 89.9 Å². The zero-order valence-electron chi connectivity index (χ0n) is 18.3. The average molecular weight is 379 g/mol. The minimum absolute atomic E-state index is 0.382. The number of hydrogen-bond acceptors (Lipinski definition) is 1. The van der Waals surface area contributed by atoms with Crippen LogP contribution in [0.4, 0.5) is 0 Å². The number of carbonyl (C=O) groups is 1. The van der Waals surface area contributed by atoms with Crippen molar-refractivity contribution in [1.82, 2.24) is 0 Å². The van der Waals surface area contributed by atoms with E-state index in [1.807, 2.05) is 0 Å². The summed E-state index contributed by atoms with van der Waals surface area (Å²) in [4.78, 5) is 12.3. The maximum atomic E-state index is 12.3. The van der Waals surface area contributed by atoms with Crippen molar-refractivity contribution in [1.29, 1.82) is 0 Å². The monoisotopic (exact) mass is 378 g/mol. The number of carboxylic acid groups (broad SMARTS) is 1. The summed E-state index contributed by atoms with van der Waals surface area (Å²) in [5.41, 5.74) is -0.382. The predicted octanol–water partition coefficient (Wildman–Crippen LogP) is 7.99. The van der Waals surface area contributed by atoms with Gasteiger partial charge in [0, 0.05) is 0 Å². The Bertz CT molecular complexity index is 401. The summed E-state index contributed by atoms with van der Waals surface area (Å²) in [5, 5.41) is 10.1. The van der Waals surface area contributed by atoms with Crippen LogP contribution in [0.15, 0.2) is 0 Å². The number of aliphatic carboxylic acids is 1. The van der Waals surface area contributed by atoms with Crippen molar-refractivity contribution in [3.63, 3.8) is 0 Å². The second-order valence-corrected chi connectivity index (χ2v) is 9.82. The van der Waals surface area contributed by atoms with Crippen LogP contribution in [0.5, 0.6) is 0 Å². The molecule has 0 aromatic rings. The third-order valence-electron chi connectivity index (χ3n) is 7.98. The van der Waals surface area contributed by atoms with Crippen LogP contribution in [0.25, 0.3) is 0 Å². The van der Waals surface area contributed by atoms with E-state index in [-0.39, 0.29) is 5.41 Å². The van der Waals surface area contributed by atoms with Crippen molar-refractivity contribution < 1.29 is 9.90 Å². The van der Waals surface area contributed by atoms with Gasteiger partial charge in [0.1, 0.15) is 0 Å². The lowest BCUT2D eigenvalue weighted by atomic mass is 9.58. The molecular formula is C25H46O2. The Labute approximate surface area is 168 Å². The molecule has 0 amide bonds. The van der Waals surface area contributed by atoms with Crippen molar-refractivity contribution in [2.45, 2.75) is 129 Å². The van der Waals surface area contributed by atoms with Crippen LogP contribution in [-0.4, -0.2) is 11.1 Å². The molecule has 2 aliphatic carbocycles. The Kier molecular flexibility index (Phi) is 10.2. The molecule has 2 fully saturated rings. The van der Waals surface area contributed by atoms with Crippen molar-refractivity contribution in [2.75, 3.05) is 0 Å². The highest BCUT2D eigenvalue weighted by molar-refractivity contribution is 5.75. The van der Waals surface area contributed by atoms with Gasteiger partial charge < -0.3 is 5.11 Å². The molecule has 2 rings (SSSR count). The van der Waals surface area contributed by atoms with E-state index >= 15 is 0 Å². The standard InChI is InChI=1S/C25H46O2/c1-3-5-7-8-10-12-22-17-19-25(20-18-22,24(26)27)23-15-13-21(14-16-23)11-9-6-4-2/h21-23H,3-20H2,1-2H3,(H,26,27). The summed E-state index contributed by atoms with van der Waals surface area (Å²) in [6.07, 6.45) is 22.7. The topological polar surface area (TPSA) is 37.3 Å². The van der Waals surface area contributed by atoms with Crippen molar-refractivity contribution >= 4 is 5.97 Å². The molecule has 0 heterocycles. The van der Waals surface area contributed by atoms with Crippen LogP contribution < -0.4 is 0 Å². The average Bonchev–Trinajstić information content (AvgIpc) is 2.69. The first-order valence-electron chi connectivity index (χ1n) is 12.4. The summed E-state index contributed by atoms with van der Waals surface area (Å²) < 4.78 is 0. The van der Waals surface area contributed by atoms with Crippen LogP contribution in [-0.2, 0) is 4.79 Å². The Hall–Kier alpha value is -0.530. The molecule has 2 heteroatoms. The van der Waals surface area contributed by atoms with E-state index in [0.29, 0.717) is 5.92 Å². The Morgan fingerprint density at radius 2 is 1.22 bits per heavy atom.